The number of hydrogen-bond donors (Lipinski definition) is 1. The van der Waals surface area contributed by atoms with E-state index in [0.29, 0.717) is 16.7 Å². The molecule has 0 amide bonds. The lowest BCUT2D eigenvalue weighted by Gasteiger charge is -2.48. The van der Waals surface area contributed by atoms with Gasteiger partial charge in [0, 0.05) is 12.4 Å². The maximum Gasteiger partial charge on any atom is 0.127 e. The van der Waals surface area contributed by atoms with Crippen LogP contribution in [0.15, 0.2) is 17.0 Å². The SMILES string of the molecule is CC(C(C)(C)C)C1(Cc2nccnc2Br)CCNCC1. The predicted octanol–water partition coefficient (Wildman–Crippen LogP) is 3.83. The van der Waals surface area contributed by atoms with E-state index in [0.717, 1.165) is 29.8 Å². The minimum Gasteiger partial charge on any atom is -0.317 e. The van der Waals surface area contributed by atoms with E-state index >= 15 is 0 Å². The first kappa shape index (κ1) is 15.9. The Balaban J connectivity index is 2.30. The summed E-state index contributed by atoms with van der Waals surface area (Å²) in [5, 5.41) is 3.50. The minimum atomic E-state index is 0.312. The lowest BCUT2D eigenvalue weighted by Crippen LogP contribution is -2.46. The fraction of sp³-hybridized carbons (Fsp3) is 0.750. The second-order valence-electron chi connectivity index (χ2n) is 7.17. The summed E-state index contributed by atoms with van der Waals surface area (Å²) in [6.07, 6.45) is 7.00. The zero-order valence-electron chi connectivity index (χ0n) is 13.0. The number of rotatable bonds is 3. The van der Waals surface area contributed by atoms with Gasteiger partial charge in [-0.15, -0.1) is 0 Å². The number of nitrogens with one attached hydrogen (secondary N) is 1. The Morgan fingerprint density at radius 2 is 1.85 bits per heavy atom. The third kappa shape index (κ3) is 3.40. The minimum absolute atomic E-state index is 0.312. The molecule has 2 heterocycles. The molecule has 1 saturated heterocycles. The average Bonchev–Trinajstić information content (AvgIpc) is 2.41. The molecule has 2 rings (SSSR count). The van der Waals surface area contributed by atoms with E-state index in [1.807, 2.05) is 0 Å². The van der Waals surface area contributed by atoms with Crippen molar-refractivity contribution in [2.24, 2.45) is 16.7 Å². The Morgan fingerprint density at radius 3 is 2.40 bits per heavy atom. The molecule has 20 heavy (non-hydrogen) atoms. The summed E-state index contributed by atoms with van der Waals surface area (Å²) in [7, 11) is 0. The molecular formula is C16H26BrN3. The van der Waals surface area contributed by atoms with Crippen molar-refractivity contribution in [2.75, 3.05) is 13.1 Å². The van der Waals surface area contributed by atoms with Crippen LogP contribution >= 0.6 is 15.9 Å². The third-order valence-corrected chi connectivity index (χ3v) is 5.72. The molecular weight excluding hydrogens is 314 g/mol. The maximum absolute atomic E-state index is 4.55. The van der Waals surface area contributed by atoms with Crippen molar-refractivity contribution >= 4 is 15.9 Å². The molecule has 4 heteroatoms. The number of hydrogen-bond acceptors (Lipinski definition) is 3. The highest BCUT2D eigenvalue weighted by Crippen LogP contribution is 2.48. The average molecular weight is 340 g/mol. The molecule has 0 spiro atoms. The van der Waals surface area contributed by atoms with Gasteiger partial charge in [-0.2, -0.15) is 0 Å². The Bertz CT molecular complexity index is 447. The highest BCUT2D eigenvalue weighted by Gasteiger charge is 2.43. The first-order valence-electron chi connectivity index (χ1n) is 7.51. The fourth-order valence-corrected chi connectivity index (χ4v) is 3.77. The molecule has 3 nitrogen and oxygen atoms in total. The first-order valence-corrected chi connectivity index (χ1v) is 8.30. The van der Waals surface area contributed by atoms with Gasteiger partial charge in [0.25, 0.3) is 0 Å². The Hall–Kier alpha value is -0.480. The third-order valence-electron chi connectivity index (χ3n) is 5.06. The molecule has 0 aromatic carbocycles. The molecule has 1 aromatic heterocycles. The standard InChI is InChI=1S/C16H26BrN3/c1-12(15(2,3)4)16(5-7-18-8-6-16)11-13-14(17)20-10-9-19-13/h9-10,12,18H,5-8,11H2,1-4H3. The van der Waals surface area contributed by atoms with Gasteiger partial charge in [0.2, 0.25) is 0 Å². The molecule has 1 N–H and O–H groups in total. The van der Waals surface area contributed by atoms with Crippen LogP contribution in [0.2, 0.25) is 0 Å². The smallest absolute Gasteiger partial charge is 0.127 e. The number of aromatic nitrogens is 2. The van der Waals surface area contributed by atoms with Crippen LogP contribution in [0.25, 0.3) is 0 Å². The van der Waals surface area contributed by atoms with Gasteiger partial charge in [0.05, 0.1) is 5.69 Å². The zero-order chi connectivity index (χ0) is 14.8. The molecule has 1 fully saturated rings. The van der Waals surface area contributed by atoms with Crippen molar-refractivity contribution in [3.8, 4) is 0 Å². The van der Waals surface area contributed by atoms with Crippen molar-refractivity contribution in [3.63, 3.8) is 0 Å². The summed E-state index contributed by atoms with van der Waals surface area (Å²) in [6.45, 7) is 11.7. The first-order chi connectivity index (χ1) is 9.35. The fourth-order valence-electron chi connectivity index (χ4n) is 3.41. The van der Waals surface area contributed by atoms with Crippen LogP contribution in [-0.4, -0.2) is 23.1 Å². The number of halogens is 1. The van der Waals surface area contributed by atoms with E-state index in [-0.39, 0.29) is 0 Å². The highest BCUT2D eigenvalue weighted by molar-refractivity contribution is 9.10. The van der Waals surface area contributed by atoms with E-state index in [4.69, 9.17) is 0 Å². The molecule has 1 aliphatic rings. The monoisotopic (exact) mass is 339 g/mol. The van der Waals surface area contributed by atoms with E-state index < -0.39 is 0 Å². The largest absolute Gasteiger partial charge is 0.317 e. The Labute approximate surface area is 131 Å². The summed E-state index contributed by atoms with van der Waals surface area (Å²) >= 11 is 3.56. The van der Waals surface area contributed by atoms with Crippen LogP contribution in [0.4, 0.5) is 0 Å². The van der Waals surface area contributed by atoms with Crippen LogP contribution in [0.3, 0.4) is 0 Å². The molecule has 0 saturated carbocycles. The number of piperidine rings is 1. The normalized spacial score (nSPS) is 20.6. The molecule has 0 radical (unpaired) electrons. The zero-order valence-corrected chi connectivity index (χ0v) is 14.6. The van der Waals surface area contributed by atoms with Crippen LogP contribution in [0.5, 0.6) is 0 Å². The molecule has 0 bridgehead atoms. The maximum atomic E-state index is 4.55. The van der Waals surface area contributed by atoms with Gasteiger partial charge in [-0.05, 0) is 65.0 Å². The Kier molecular flexibility index (Phi) is 4.85. The second kappa shape index (κ2) is 6.10. The summed E-state index contributed by atoms with van der Waals surface area (Å²) in [5.74, 6) is 0.644. The van der Waals surface area contributed by atoms with Crippen LogP contribution in [0.1, 0.15) is 46.2 Å². The molecule has 1 atom stereocenters. The predicted molar refractivity (Wildman–Crippen MR) is 86.6 cm³/mol. The van der Waals surface area contributed by atoms with E-state index in [9.17, 15) is 0 Å². The summed E-state index contributed by atoms with van der Waals surface area (Å²) < 4.78 is 0.902. The molecule has 0 aliphatic carbocycles. The molecule has 1 aliphatic heterocycles. The lowest BCUT2D eigenvalue weighted by atomic mass is 9.59. The highest BCUT2D eigenvalue weighted by atomic mass is 79.9. The van der Waals surface area contributed by atoms with Gasteiger partial charge in [-0.1, -0.05) is 27.7 Å². The van der Waals surface area contributed by atoms with Gasteiger partial charge in [0.15, 0.2) is 0 Å². The summed E-state index contributed by atoms with van der Waals surface area (Å²) in [5.41, 5.74) is 1.74. The molecule has 1 unspecified atom stereocenters. The van der Waals surface area contributed by atoms with Crippen LogP contribution < -0.4 is 5.32 Å². The van der Waals surface area contributed by atoms with E-state index in [1.165, 1.54) is 12.8 Å². The van der Waals surface area contributed by atoms with Gasteiger partial charge in [0.1, 0.15) is 4.60 Å². The van der Waals surface area contributed by atoms with Crippen molar-refractivity contribution < 1.29 is 0 Å². The lowest BCUT2D eigenvalue weighted by molar-refractivity contribution is 0.0373. The quantitative estimate of drug-likeness (QED) is 0.909. The number of nitrogens with zero attached hydrogens (tertiary/aromatic N) is 2. The molecule has 1 aromatic rings. The van der Waals surface area contributed by atoms with Gasteiger partial charge < -0.3 is 5.32 Å². The van der Waals surface area contributed by atoms with Crippen molar-refractivity contribution in [2.45, 2.75) is 47.0 Å². The van der Waals surface area contributed by atoms with Crippen molar-refractivity contribution in [1.82, 2.24) is 15.3 Å². The van der Waals surface area contributed by atoms with E-state index in [1.54, 1.807) is 12.4 Å². The summed E-state index contributed by atoms with van der Waals surface area (Å²) in [6, 6.07) is 0. The van der Waals surface area contributed by atoms with Crippen LogP contribution in [0, 0.1) is 16.7 Å². The van der Waals surface area contributed by atoms with Crippen molar-refractivity contribution in [3.05, 3.63) is 22.7 Å². The van der Waals surface area contributed by atoms with Gasteiger partial charge >= 0.3 is 0 Å². The van der Waals surface area contributed by atoms with Crippen LogP contribution in [-0.2, 0) is 6.42 Å². The Morgan fingerprint density at radius 1 is 1.25 bits per heavy atom. The summed E-state index contributed by atoms with van der Waals surface area (Å²) in [4.78, 5) is 8.89. The topological polar surface area (TPSA) is 37.8 Å². The van der Waals surface area contributed by atoms with Gasteiger partial charge in [-0.3, -0.25) is 4.98 Å². The van der Waals surface area contributed by atoms with E-state index in [2.05, 4.69) is 58.9 Å². The molecule has 112 valence electrons. The second-order valence-corrected chi connectivity index (χ2v) is 7.92. The van der Waals surface area contributed by atoms with Crippen molar-refractivity contribution in [1.29, 1.82) is 0 Å². The van der Waals surface area contributed by atoms with Gasteiger partial charge in [-0.25, -0.2) is 4.98 Å².